The Bertz CT molecular complexity index is 322. The van der Waals surface area contributed by atoms with E-state index in [1.54, 1.807) is 0 Å². The summed E-state index contributed by atoms with van der Waals surface area (Å²) in [7, 11) is 0. The Morgan fingerprint density at radius 1 is 1.33 bits per heavy atom. The molecule has 1 aliphatic rings. The molecule has 0 aliphatic heterocycles. The quantitative estimate of drug-likeness (QED) is 0.678. The molecule has 1 saturated carbocycles. The zero-order valence-corrected chi connectivity index (χ0v) is 11.6. The van der Waals surface area contributed by atoms with Gasteiger partial charge in [0.25, 0.3) is 0 Å². The van der Waals surface area contributed by atoms with E-state index in [-0.39, 0.29) is 24.0 Å². The minimum atomic E-state index is -0.869. The lowest BCUT2D eigenvalue weighted by molar-refractivity contribution is -0.142. The summed E-state index contributed by atoms with van der Waals surface area (Å²) in [6.07, 6.45) is 2.30. The second kappa shape index (κ2) is 5.59. The van der Waals surface area contributed by atoms with Crippen molar-refractivity contribution in [1.82, 2.24) is 10.6 Å². The Morgan fingerprint density at radius 3 is 2.28 bits per heavy atom. The smallest absolute Gasteiger partial charge is 0.315 e. The Morgan fingerprint density at radius 2 is 1.89 bits per heavy atom. The maximum atomic E-state index is 11.7. The fraction of sp³-hybridized carbons (Fsp3) is 0.846. The number of urea groups is 1. The van der Waals surface area contributed by atoms with Crippen LogP contribution in [-0.2, 0) is 4.79 Å². The van der Waals surface area contributed by atoms with Crippen LogP contribution >= 0.6 is 0 Å². The molecule has 5 nitrogen and oxygen atoms in total. The van der Waals surface area contributed by atoms with Gasteiger partial charge < -0.3 is 15.7 Å². The van der Waals surface area contributed by atoms with Gasteiger partial charge in [0.05, 0.1) is 5.92 Å². The highest BCUT2D eigenvalue weighted by Crippen LogP contribution is 2.39. The Labute approximate surface area is 108 Å². The number of amides is 2. The molecule has 1 unspecified atom stereocenters. The summed E-state index contributed by atoms with van der Waals surface area (Å²) in [5.41, 5.74) is -0.208. The predicted octanol–water partition coefficient (Wildman–Crippen LogP) is 1.83. The monoisotopic (exact) mass is 256 g/mol. The highest BCUT2D eigenvalue weighted by Gasteiger charge is 2.38. The van der Waals surface area contributed by atoms with E-state index in [0.717, 1.165) is 12.8 Å². The molecule has 1 fully saturated rings. The van der Waals surface area contributed by atoms with Gasteiger partial charge in [-0.05, 0) is 38.5 Å². The van der Waals surface area contributed by atoms with Gasteiger partial charge in [-0.15, -0.1) is 0 Å². The van der Waals surface area contributed by atoms with Gasteiger partial charge in [-0.1, -0.05) is 13.8 Å². The lowest BCUT2D eigenvalue weighted by atomic mass is 9.96. The number of carbonyl (C=O) groups is 2. The van der Waals surface area contributed by atoms with E-state index >= 15 is 0 Å². The summed E-state index contributed by atoms with van der Waals surface area (Å²) >= 11 is 0. The number of rotatable bonds is 6. The van der Waals surface area contributed by atoms with Crippen LogP contribution in [0.1, 0.15) is 40.5 Å². The molecule has 5 heteroatoms. The Hall–Kier alpha value is -1.26. The minimum absolute atomic E-state index is 0.000702. The molecule has 0 bridgehead atoms. The van der Waals surface area contributed by atoms with E-state index in [2.05, 4.69) is 10.6 Å². The molecule has 1 atom stereocenters. The third kappa shape index (κ3) is 4.20. The summed E-state index contributed by atoms with van der Waals surface area (Å²) in [6, 6.07) is -0.279. The van der Waals surface area contributed by atoms with Crippen molar-refractivity contribution in [2.75, 3.05) is 6.54 Å². The first-order chi connectivity index (χ1) is 8.24. The van der Waals surface area contributed by atoms with E-state index in [1.807, 2.05) is 27.7 Å². The van der Waals surface area contributed by atoms with Gasteiger partial charge in [-0.3, -0.25) is 4.79 Å². The van der Waals surface area contributed by atoms with Crippen LogP contribution in [0.25, 0.3) is 0 Å². The standard InChI is InChI=1S/C13H24N2O3/c1-8(2)10(11(16)17)7-14-12(18)15-13(3,4)9-5-6-9/h8-10H,5-7H2,1-4H3,(H,16,17)(H2,14,15,18). The molecule has 0 aromatic carbocycles. The third-order valence-corrected chi connectivity index (χ3v) is 3.64. The lowest BCUT2D eigenvalue weighted by Gasteiger charge is -2.27. The molecule has 3 N–H and O–H groups in total. The zero-order chi connectivity index (χ0) is 13.9. The van der Waals surface area contributed by atoms with Crippen molar-refractivity contribution < 1.29 is 14.7 Å². The van der Waals surface area contributed by atoms with Gasteiger partial charge in [0.15, 0.2) is 0 Å². The molecule has 0 saturated heterocycles. The lowest BCUT2D eigenvalue weighted by Crippen LogP contribution is -2.51. The van der Waals surface area contributed by atoms with E-state index in [1.165, 1.54) is 0 Å². The van der Waals surface area contributed by atoms with Crippen LogP contribution in [0.5, 0.6) is 0 Å². The first-order valence-corrected chi connectivity index (χ1v) is 6.53. The number of carboxylic acid groups (broad SMARTS) is 1. The van der Waals surface area contributed by atoms with Gasteiger partial charge in [0.2, 0.25) is 0 Å². The van der Waals surface area contributed by atoms with Crippen LogP contribution in [0.4, 0.5) is 4.79 Å². The molecule has 2 amide bonds. The van der Waals surface area contributed by atoms with Crippen LogP contribution < -0.4 is 10.6 Å². The second-order valence-electron chi connectivity index (χ2n) is 6.02. The van der Waals surface area contributed by atoms with E-state index in [0.29, 0.717) is 5.92 Å². The summed E-state index contributed by atoms with van der Waals surface area (Å²) in [4.78, 5) is 22.7. The van der Waals surface area contributed by atoms with Gasteiger partial charge in [-0.25, -0.2) is 4.79 Å². The number of hydrogen-bond donors (Lipinski definition) is 3. The zero-order valence-electron chi connectivity index (χ0n) is 11.6. The van der Waals surface area contributed by atoms with Gasteiger partial charge in [-0.2, -0.15) is 0 Å². The highest BCUT2D eigenvalue weighted by molar-refractivity contribution is 5.76. The van der Waals surface area contributed by atoms with E-state index < -0.39 is 11.9 Å². The fourth-order valence-electron chi connectivity index (χ4n) is 2.05. The fourth-order valence-corrected chi connectivity index (χ4v) is 2.05. The molecule has 1 rings (SSSR count). The number of aliphatic carboxylic acids is 1. The minimum Gasteiger partial charge on any atom is -0.481 e. The molecular formula is C13H24N2O3. The number of carboxylic acids is 1. The molecule has 0 radical (unpaired) electrons. The van der Waals surface area contributed by atoms with Gasteiger partial charge >= 0.3 is 12.0 Å². The molecule has 1 aliphatic carbocycles. The molecule has 104 valence electrons. The van der Waals surface area contributed by atoms with Crippen LogP contribution in [0, 0.1) is 17.8 Å². The molecular weight excluding hydrogens is 232 g/mol. The first-order valence-electron chi connectivity index (χ1n) is 6.53. The topological polar surface area (TPSA) is 78.4 Å². The highest BCUT2D eigenvalue weighted by atomic mass is 16.4. The van der Waals surface area contributed by atoms with Crippen LogP contribution in [0.2, 0.25) is 0 Å². The second-order valence-corrected chi connectivity index (χ2v) is 6.02. The van der Waals surface area contributed by atoms with Crippen LogP contribution in [0.15, 0.2) is 0 Å². The molecule has 0 heterocycles. The van der Waals surface area contributed by atoms with Crippen LogP contribution in [0.3, 0.4) is 0 Å². The van der Waals surface area contributed by atoms with E-state index in [4.69, 9.17) is 5.11 Å². The van der Waals surface area contributed by atoms with Crippen molar-refractivity contribution in [2.24, 2.45) is 17.8 Å². The molecule has 0 spiro atoms. The summed E-state index contributed by atoms with van der Waals surface area (Å²) < 4.78 is 0. The SMILES string of the molecule is CC(C)C(CNC(=O)NC(C)(C)C1CC1)C(=O)O. The van der Waals surface area contributed by atoms with Crippen LogP contribution in [-0.4, -0.2) is 29.2 Å². The van der Waals surface area contributed by atoms with Gasteiger partial charge in [0.1, 0.15) is 0 Å². The summed E-state index contributed by atoms with van der Waals surface area (Å²) in [6.45, 7) is 7.85. The third-order valence-electron chi connectivity index (χ3n) is 3.64. The van der Waals surface area contributed by atoms with Crippen molar-refractivity contribution >= 4 is 12.0 Å². The number of carbonyl (C=O) groups excluding carboxylic acids is 1. The van der Waals surface area contributed by atoms with Crippen molar-refractivity contribution in [2.45, 2.75) is 46.1 Å². The molecule has 0 aromatic heterocycles. The number of nitrogens with one attached hydrogen (secondary N) is 2. The van der Waals surface area contributed by atoms with Gasteiger partial charge in [0, 0.05) is 12.1 Å². The molecule has 0 aromatic rings. The van der Waals surface area contributed by atoms with E-state index in [9.17, 15) is 9.59 Å². The maximum Gasteiger partial charge on any atom is 0.315 e. The Balaban J connectivity index is 2.38. The maximum absolute atomic E-state index is 11.7. The molecule has 18 heavy (non-hydrogen) atoms. The summed E-state index contributed by atoms with van der Waals surface area (Å²) in [5, 5.41) is 14.6. The normalized spacial score (nSPS) is 17.4. The average Bonchev–Trinajstić information content (AvgIpc) is 2.98. The van der Waals surface area contributed by atoms with Crippen molar-refractivity contribution in [3.05, 3.63) is 0 Å². The predicted molar refractivity (Wildman–Crippen MR) is 69.3 cm³/mol. The first kappa shape index (κ1) is 14.8. The largest absolute Gasteiger partial charge is 0.481 e. The van der Waals surface area contributed by atoms with Crippen molar-refractivity contribution in [3.8, 4) is 0 Å². The summed E-state index contributed by atoms with van der Waals surface area (Å²) in [5.74, 6) is -0.866. The number of hydrogen-bond acceptors (Lipinski definition) is 2. The van der Waals surface area contributed by atoms with Crippen molar-refractivity contribution in [1.29, 1.82) is 0 Å². The van der Waals surface area contributed by atoms with Crippen molar-refractivity contribution in [3.63, 3.8) is 0 Å². The Kier molecular flexibility index (Phi) is 4.59. The average molecular weight is 256 g/mol.